The lowest BCUT2D eigenvalue weighted by Crippen LogP contribution is -2.66. The Kier molecular flexibility index (Phi) is 6.07. The van der Waals surface area contributed by atoms with Gasteiger partial charge < -0.3 is 8.99 Å². The molecule has 156 valence electrons. The summed E-state index contributed by atoms with van der Waals surface area (Å²) in [4.78, 5) is 4.68. The van der Waals surface area contributed by atoms with Crippen LogP contribution in [-0.2, 0) is 11.0 Å². The number of hydrogen-bond donors (Lipinski definition) is 0. The summed E-state index contributed by atoms with van der Waals surface area (Å²) >= 11 is 0. The van der Waals surface area contributed by atoms with Crippen LogP contribution in [0.1, 0.15) is 52.1 Å². The van der Waals surface area contributed by atoms with Gasteiger partial charge in [0, 0.05) is 11.9 Å². The van der Waals surface area contributed by atoms with Crippen molar-refractivity contribution in [3.05, 3.63) is 85.0 Å². The van der Waals surface area contributed by atoms with Gasteiger partial charge in [-0.05, 0) is 41.1 Å². The number of benzene rings is 2. The van der Waals surface area contributed by atoms with Crippen LogP contribution in [-0.4, -0.2) is 17.9 Å². The Balaban J connectivity index is 1.69. The van der Waals surface area contributed by atoms with E-state index in [1.807, 2.05) is 6.33 Å². The number of allylic oxidation sites excluding steroid dienone is 2. The van der Waals surface area contributed by atoms with Gasteiger partial charge in [0.05, 0.1) is 18.6 Å². The lowest BCUT2D eigenvalue weighted by atomic mass is 10.1. The highest BCUT2D eigenvalue weighted by atomic mass is 28.4. The molecule has 1 heterocycles. The first kappa shape index (κ1) is 20.8. The lowest BCUT2D eigenvalue weighted by Gasteiger charge is -2.42. The molecule has 0 bridgehead atoms. The van der Waals surface area contributed by atoms with Crippen LogP contribution in [0, 0.1) is 0 Å². The van der Waals surface area contributed by atoms with Crippen molar-refractivity contribution in [2.45, 2.75) is 58.1 Å². The average Bonchev–Trinajstić information content (AvgIpc) is 3.25. The molecular weight excluding hydrogens is 384 g/mol. The van der Waals surface area contributed by atoms with Crippen molar-refractivity contribution in [2.75, 3.05) is 0 Å². The molecule has 1 aliphatic carbocycles. The van der Waals surface area contributed by atoms with Crippen molar-refractivity contribution in [3.8, 4) is 0 Å². The average molecular weight is 417 g/mol. The van der Waals surface area contributed by atoms with Crippen molar-refractivity contribution >= 4 is 24.4 Å². The molecule has 30 heavy (non-hydrogen) atoms. The molecule has 0 fully saturated rings. The van der Waals surface area contributed by atoms with Gasteiger partial charge in [0.25, 0.3) is 8.32 Å². The van der Waals surface area contributed by atoms with Gasteiger partial charge in [0.15, 0.2) is 0 Å². The van der Waals surface area contributed by atoms with E-state index in [2.05, 4.69) is 103 Å². The molecule has 3 aromatic rings. The minimum atomic E-state index is -2.53. The second-order valence-electron chi connectivity index (χ2n) is 9.17. The minimum absolute atomic E-state index is 0.0236. The van der Waals surface area contributed by atoms with Crippen LogP contribution in [0.4, 0.5) is 0 Å². The van der Waals surface area contributed by atoms with Crippen LogP contribution in [0.3, 0.4) is 0 Å². The third-order valence-electron chi connectivity index (χ3n) is 6.09. The zero-order chi connectivity index (χ0) is 21.0. The number of hydrogen-bond acceptors (Lipinski definition) is 2. The molecule has 0 radical (unpaired) electrons. The van der Waals surface area contributed by atoms with Crippen molar-refractivity contribution in [1.82, 2.24) is 9.55 Å². The van der Waals surface area contributed by atoms with Gasteiger partial charge in [-0.15, -0.1) is 0 Å². The summed E-state index contributed by atoms with van der Waals surface area (Å²) in [6.45, 7) is 7.45. The molecule has 0 saturated heterocycles. The van der Waals surface area contributed by atoms with E-state index in [1.54, 1.807) is 0 Å². The maximum absolute atomic E-state index is 7.00. The number of nitrogens with zero attached hydrogens (tertiary/aromatic N) is 2. The van der Waals surface area contributed by atoms with E-state index in [1.165, 1.54) is 35.3 Å². The predicted octanol–water partition coefficient (Wildman–Crippen LogP) is 5.37. The van der Waals surface area contributed by atoms with E-state index in [4.69, 9.17) is 4.43 Å². The van der Waals surface area contributed by atoms with Crippen LogP contribution in [0.5, 0.6) is 0 Å². The molecule has 4 heteroatoms. The first-order valence-electron chi connectivity index (χ1n) is 11.0. The molecule has 2 aromatic carbocycles. The zero-order valence-corrected chi connectivity index (χ0v) is 19.3. The third kappa shape index (κ3) is 4.07. The van der Waals surface area contributed by atoms with Gasteiger partial charge in [-0.1, -0.05) is 87.5 Å². The zero-order valence-electron chi connectivity index (χ0n) is 18.3. The van der Waals surface area contributed by atoms with Crippen LogP contribution < -0.4 is 10.4 Å². The van der Waals surface area contributed by atoms with Gasteiger partial charge in [-0.2, -0.15) is 0 Å². The summed E-state index contributed by atoms with van der Waals surface area (Å²) in [7, 11) is -2.53. The molecule has 0 unspecified atom stereocenters. The highest BCUT2D eigenvalue weighted by Crippen LogP contribution is 2.37. The van der Waals surface area contributed by atoms with Crippen molar-refractivity contribution in [1.29, 1.82) is 0 Å². The Morgan fingerprint density at radius 3 is 2.10 bits per heavy atom. The van der Waals surface area contributed by atoms with E-state index in [0.29, 0.717) is 6.61 Å². The first-order valence-corrected chi connectivity index (χ1v) is 12.9. The summed E-state index contributed by atoms with van der Waals surface area (Å²) in [5, 5.41) is 2.58. The summed E-state index contributed by atoms with van der Waals surface area (Å²) < 4.78 is 9.18. The molecule has 0 N–H and O–H groups in total. The fourth-order valence-corrected chi connectivity index (χ4v) is 9.11. The first-order chi connectivity index (χ1) is 14.5. The molecule has 1 aliphatic rings. The molecule has 0 spiro atoms. The summed E-state index contributed by atoms with van der Waals surface area (Å²) in [5.41, 5.74) is 2.36. The quantitative estimate of drug-likeness (QED) is 0.505. The molecule has 0 amide bonds. The standard InChI is InChI=1S/C26H32N2OSi/c1-26(2,3)30(24-15-9-5-10-16-24,25-17-11-6-12-18-25)29-20-22-19-28(21-27-22)23-13-7-4-8-14-23/h5-6,9-13,15-19,21H,4,7-8,14,20H2,1-3H3. The smallest absolute Gasteiger partial charge is 0.261 e. The van der Waals surface area contributed by atoms with Gasteiger partial charge in [-0.25, -0.2) is 4.98 Å². The van der Waals surface area contributed by atoms with Crippen molar-refractivity contribution in [3.63, 3.8) is 0 Å². The van der Waals surface area contributed by atoms with E-state index in [9.17, 15) is 0 Å². The molecule has 0 aliphatic heterocycles. The number of aromatic nitrogens is 2. The van der Waals surface area contributed by atoms with Crippen LogP contribution >= 0.6 is 0 Å². The lowest BCUT2D eigenvalue weighted by molar-refractivity contribution is 0.282. The fraction of sp³-hybridized carbons (Fsp3) is 0.346. The molecular formula is C26H32N2OSi. The molecule has 0 saturated carbocycles. The molecule has 1 aromatic heterocycles. The normalized spacial score (nSPS) is 15.1. The Bertz CT molecular complexity index is 947. The second-order valence-corrected chi connectivity index (χ2v) is 13.5. The Labute approximate surface area is 181 Å². The van der Waals surface area contributed by atoms with Crippen LogP contribution in [0.15, 0.2) is 79.3 Å². The van der Waals surface area contributed by atoms with Crippen LogP contribution in [0.2, 0.25) is 5.04 Å². The van der Waals surface area contributed by atoms with Gasteiger partial charge >= 0.3 is 0 Å². The van der Waals surface area contributed by atoms with E-state index in [0.717, 1.165) is 12.1 Å². The Morgan fingerprint density at radius 2 is 1.57 bits per heavy atom. The van der Waals surface area contributed by atoms with Gasteiger partial charge in [0.1, 0.15) is 0 Å². The van der Waals surface area contributed by atoms with Gasteiger partial charge in [0.2, 0.25) is 0 Å². The summed E-state index contributed by atoms with van der Waals surface area (Å²) in [6, 6.07) is 21.6. The second kappa shape index (κ2) is 8.74. The van der Waals surface area contributed by atoms with E-state index in [-0.39, 0.29) is 5.04 Å². The number of imidazole rings is 1. The summed E-state index contributed by atoms with van der Waals surface area (Å²) in [5.74, 6) is 0. The SMILES string of the molecule is CC(C)(C)[Si](OCc1cn(C2=CCCCC2)cn1)(c1ccccc1)c1ccccc1. The molecule has 0 atom stereocenters. The van der Waals surface area contributed by atoms with Crippen LogP contribution in [0.25, 0.3) is 5.70 Å². The molecule has 4 rings (SSSR count). The third-order valence-corrected chi connectivity index (χ3v) is 11.1. The monoisotopic (exact) mass is 416 g/mol. The Hall–Kier alpha value is -2.43. The maximum atomic E-state index is 7.00. The minimum Gasteiger partial charge on any atom is -0.401 e. The van der Waals surface area contributed by atoms with Gasteiger partial charge in [-0.3, -0.25) is 0 Å². The highest BCUT2D eigenvalue weighted by Gasteiger charge is 2.50. The fourth-order valence-electron chi connectivity index (χ4n) is 4.59. The predicted molar refractivity (Wildman–Crippen MR) is 127 cm³/mol. The van der Waals surface area contributed by atoms with Crippen molar-refractivity contribution in [2.24, 2.45) is 0 Å². The summed E-state index contributed by atoms with van der Waals surface area (Å²) in [6.07, 6.45) is 11.3. The van der Waals surface area contributed by atoms with E-state index < -0.39 is 8.32 Å². The highest BCUT2D eigenvalue weighted by molar-refractivity contribution is 6.99. The molecule has 3 nitrogen and oxygen atoms in total. The largest absolute Gasteiger partial charge is 0.401 e. The van der Waals surface area contributed by atoms with E-state index >= 15 is 0 Å². The van der Waals surface area contributed by atoms with Crippen molar-refractivity contribution < 1.29 is 4.43 Å². The number of rotatable bonds is 6. The Morgan fingerprint density at radius 1 is 0.933 bits per heavy atom. The topological polar surface area (TPSA) is 27.1 Å². The maximum Gasteiger partial charge on any atom is 0.261 e.